The van der Waals surface area contributed by atoms with Gasteiger partial charge in [-0.05, 0) is 122 Å². The highest BCUT2D eigenvalue weighted by Crippen LogP contribution is 2.12. The molecule has 0 aliphatic rings. The topological polar surface area (TPSA) is 61.8 Å². The third-order valence-electron chi connectivity index (χ3n) is 11.0. The Bertz CT molecular complexity index is 1350. The molecule has 0 saturated heterocycles. The first-order valence-electron chi connectivity index (χ1n) is 27.1. The number of carbonyl (C=O) groups is 2. The van der Waals surface area contributed by atoms with Gasteiger partial charge in [-0.15, -0.1) is 0 Å². The maximum absolute atomic E-state index is 12.8. The van der Waals surface area contributed by atoms with Crippen LogP contribution in [0.2, 0.25) is 0 Å². The number of unbranched alkanes of at least 4 members (excludes halogenated alkanes) is 17. The summed E-state index contributed by atoms with van der Waals surface area (Å²) < 4.78 is 17.4. The smallest absolute Gasteiger partial charge is 0.306 e. The number of ether oxygens (including phenoxy) is 3. The van der Waals surface area contributed by atoms with E-state index in [0.29, 0.717) is 19.4 Å². The van der Waals surface area contributed by atoms with Crippen molar-refractivity contribution < 1.29 is 23.8 Å². The summed E-state index contributed by atoms with van der Waals surface area (Å²) >= 11 is 0. The summed E-state index contributed by atoms with van der Waals surface area (Å²) in [6.07, 6.45) is 77.9. The van der Waals surface area contributed by atoms with Crippen LogP contribution >= 0.6 is 0 Å². The van der Waals surface area contributed by atoms with Crippen molar-refractivity contribution in [2.75, 3.05) is 19.8 Å². The molecule has 1 atom stereocenters. The third-order valence-corrected chi connectivity index (χ3v) is 11.0. The number of hydrogen-bond acceptors (Lipinski definition) is 5. The third kappa shape index (κ3) is 52.9. The maximum Gasteiger partial charge on any atom is 0.306 e. The molecule has 0 fully saturated rings. The number of carbonyl (C=O) groups excluding carboxylic acids is 2. The molecule has 0 aromatic rings. The Hall–Kier alpha value is -3.70. The van der Waals surface area contributed by atoms with Crippen LogP contribution in [0, 0.1) is 0 Å². The van der Waals surface area contributed by atoms with Gasteiger partial charge in [0.15, 0.2) is 6.10 Å². The SMILES string of the molecule is CC/C=C\C/C=C\C/C=C\C/C=C\C/C=C\CCCC(=O)OCC(COCCCCCCC/C=C\C/C=C\C/C=C\C/C=C\CC)OC(=O)CCCCCCC/C=C\CCCCCCCC. The molecule has 0 radical (unpaired) electrons. The van der Waals surface area contributed by atoms with Crippen molar-refractivity contribution in [2.24, 2.45) is 0 Å². The van der Waals surface area contributed by atoms with Crippen molar-refractivity contribution in [3.63, 3.8) is 0 Å². The molecule has 0 amide bonds. The molecule has 374 valence electrons. The predicted octanol–water partition coefficient (Wildman–Crippen LogP) is 18.6. The average molecular weight is 913 g/mol. The molecule has 66 heavy (non-hydrogen) atoms. The van der Waals surface area contributed by atoms with Crippen LogP contribution in [0.15, 0.2) is 122 Å². The highest BCUT2D eigenvalue weighted by molar-refractivity contribution is 5.70. The van der Waals surface area contributed by atoms with Crippen molar-refractivity contribution in [2.45, 2.75) is 232 Å². The molecule has 5 nitrogen and oxygen atoms in total. The van der Waals surface area contributed by atoms with Crippen molar-refractivity contribution in [1.82, 2.24) is 0 Å². The molecule has 0 heterocycles. The van der Waals surface area contributed by atoms with Gasteiger partial charge in [0.05, 0.1) is 6.61 Å². The van der Waals surface area contributed by atoms with Crippen molar-refractivity contribution in [1.29, 1.82) is 0 Å². The summed E-state index contributed by atoms with van der Waals surface area (Å²) in [6, 6.07) is 0. The van der Waals surface area contributed by atoms with Crippen LogP contribution in [0.5, 0.6) is 0 Å². The summed E-state index contributed by atoms with van der Waals surface area (Å²) in [5.74, 6) is -0.491. The zero-order valence-corrected chi connectivity index (χ0v) is 42.9. The van der Waals surface area contributed by atoms with E-state index in [-0.39, 0.29) is 25.2 Å². The second-order valence-corrected chi connectivity index (χ2v) is 17.4. The Labute approximate surface area is 407 Å². The number of esters is 2. The van der Waals surface area contributed by atoms with Crippen LogP contribution in [0.4, 0.5) is 0 Å². The zero-order chi connectivity index (χ0) is 47.7. The Morgan fingerprint density at radius 2 is 0.697 bits per heavy atom. The van der Waals surface area contributed by atoms with E-state index in [1.165, 1.54) is 77.0 Å². The Morgan fingerprint density at radius 1 is 0.348 bits per heavy atom. The summed E-state index contributed by atoms with van der Waals surface area (Å²) in [4.78, 5) is 25.4. The van der Waals surface area contributed by atoms with Gasteiger partial charge in [0, 0.05) is 19.4 Å². The highest BCUT2D eigenvalue weighted by atomic mass is 16.6. The van der Waals surface area contributed by atoms with Crippen molar-refractivity contribution >= 4 is 11.9 Å². The van der Waals surface area contributed by atoms with Crippen molar-refractivity contribution in [3.05, 3.63) is 122 Å². The second kappa shape index (κ2) is 55.6. The number of rotatable bonds is 48. The highest BCUT2D eigenvalue weighted by Gasteiger charge is 2.17. The molecule has 0 aromatic carbocycles. The molecule has 0 saturated carbocycles. The van der Waals surface area contributed by atoms with Gasteiger partial charge in [0.25, 0.3) is 0 Å². The van der Waals surface area contributed by atoms with E-state index in [1.807, 2.05) is 0 Å². The lowest BCUT2D eigenvalue weighted by atomic mass is 10.1. The van der Waals surface area contributed by atoms with E-state index in [0.717, 1.165) is 116 Å². The van der Waals surface area contributed by atoms with Crippen LogP contribution in [-0.4, -0.2) is 37.9 Å². The van der Waals surface area contributed by atoms with Gasteiger partial charge in [-0.1, -0.05) is 213 Å². The van der Waals surface area contributed by atoms with E-state index in [2.05, 4.69) is 142 Å². The van der Waals surface area contributed by atoms with E-state index in [1.54, 1.807) is 0 Å². The monoisotopic (exact) mass is 913 g/mol. The summed E-state index contributed by atoms with van der Waals surface area (Å²) in [7, 11) is 0. The minimum Gasteiger partial charge on any atom is -0.462 e. The predicted molar refractivity (Wildman–Crippen MR) is 288 cm³/mol. The minimum absolute atomic E-state index is 0.0376. The van der Waals surface area contributed by atoms with Gasteiger partial charge in [-0.25, -0.2) is 0 Å². The van der Waals surface area contributed by atoms with Gasteiger partial charge in [0.2, 0.25) is 0 Å². The lowest BCUT2D eigenvalue weighted by Gasteiger charge is -2.18. The average Bonchev–Trinajstić information content (AvgIpc) is 3.32. The fraction of sp³-hybridized carbons (Fsp3) is 0.639. The largest absolute Gasteiger partial charge is 0.462 e. The van der Waals surface area contributed by atoms with Gasteiger partial charge in [0.1, 0.15) is 6.61 Å². The molecular formula is C61H100O5. The van der Waals surface area contributed by atoms with E-state index in [9.17, 15) is 9.59 Å². The minimum atomic E-state index is -0.582. The Morgan fingerprint density at radius 3 is 1.15 bits per heavy atom. The van der Waals surface area contributed by atoms with Crippen LogP contribution < -0.4 is 0 Å². The summed E-state index contributed by atoms with van der Waals surface area (Å²) in [6.45, 7) is 7.48. The van der Waals surface area contributed by atoms with E-state index >= 15 is 0 Å². The quantitative estimate of drug-likeness (QED) is 0.0346. The molecule has 1 unspecified atom stereocenters. The standard InChI is InChI=1S/C61H100O5/c1-4-7-10-13-16-19-22-25-28-30-32-35-38-41-44-47-50-53-56-64-57-59(66-61(63)55-52-49-46-43-40-37-33-27-24-21-18-15-12-9-6-3)58-65-60(62)54-51-48-45-42-39-36-34-31-29-26-23-20-17-14-11-8-5-2/h7-8,10-11,16-17,19-20,25-29,32-36,42,45,59H,4-6,9,12-15,18,21-24,30-31,37-41,43-44,46-58H2,1-3H3/b10-7-,11-8-,19-16-,20-17-,28-25-,29-26-,33-27-,35-32-,36-34-,45-42-. The molecule has 0 N–H and O–H groups in total. The van der Waals surface area contributed by atoms with Crippen molar-refractivity contribution in [3.8, 4) is 0 Å². The molecule has 0 aliphatic heterocycles. The fourth-order valence-corrected chi connectivity index (χ4v) is 7.00. The summed E-state index contributed by atoms with van der Waals surface area (Å²) in [5.41, 5.74) is 0. The Balaban J connectivity index is 4.44. The van der Waals surface area contributed by atoms with Gasteiger partial charge >= 0.3 is 11.9 Å². The first kappa shape index (κ1) is 62.3. The van der Waals surface area contributed by atoms with Gasteiger partial charge in [-0.3, -0.25) is 9.59 Å². The number of allylic oxidation sites excluding steroid dienone is 20. The normalized spacial score (nSPS) is 13.2. The molecule has 0 rings (SSSR count). The fourth-order valence-electron chi connectivity index (χ4n) is 7.00. The lowest BCUT2D eigenvalue weighted by Crippen LogP contribution is -2.30. The molecule has 5 heteroatoms. The van der Waals surface area contributed by atoms with Gasteiger partial charge < -0.3 is 14.2 Å². The summed E-state index contributed by atoms with van der Waals surface area (Å²) in [5, 5.41) is 0. The van der Waals surface area contributed by atoms with Gasteiger partial charge in [-0.2, -0.15) is 0 Å². The Kier molecular flexibility index (Phi) is 52.5. The van der Waals surface area contributed by atoms with Crippen LogP contribution in [0.25, 0.3) is 0 Å². The van der Waals surface area contributed by atoms with Crippen LogP contribution in [0.3, 0.4) is 0 Å². The molecule has 0 aromatic heterocycles. The van der Waals surface area contributed by atoms with Crippen LogP contribution in [-0.2, 0) is 23.8 Å². The zero-order valence-electron chi connectivity index (χ0n) is 42.9. The molecule has 0 aliphatic carbocycles. The van der Waals surface area contributed by atoms with E-state index < -0.39 is 6.10 Å². The first-order chi connectivity index (χ1) is 32.6. The lowest BCUT2D eigenvalue weighted by molar-refractivity contribution is -0.163. The molecular weight excluding hydrogens is 813 g/mol. The molecule has 0 spiro atoms. The number of hydrogen-bond donors (Lipinski definition) is 0. The maximum atomic E-state index is 12.8. The molecule has 0 bridgehead atoms. The second-order valence-electron chi connectivity index (χ2n) is 17.4. The van der Waals surface area contributed by atoms with E-state index in [4.69, 9.17) is 14.2 Å². The first-order valence-corrected chi connectivity index (χ1v) is 27.1. The van der Waals surface area contributed by atoms with Crippen LogP contribution in [0.1, 0.15) is 226 Å².